The molecule has 4 unspecified atom stereocenters. The Balaban J connectivity index is 1.23. The summed E-state index contributed by atoms with van der Waals surface area (Å²) in [6, 6.07) is 0. The van der Waals surface area contributed by atoms with Gasteiger partial charge in [0, 0.05) is 12.8 Å². The van der Waals surface area contributed by atoms with E-state index in [0.717, 1.165) is 25.7 Å². The molecule has 0 spiro atoms. The van der Waals surface area contributed by atoms with Gasteiger partial charge in [-0.1, -0.05) is 104 Å². The summed E-state index contributed by atoms with van der Waals surface area (Å²) < 4.78 is 21.7. The number of carbonyl (C=O) groups excluding carboxylic acids is 2. The van der Waals surface area contributed by atoms with E-state index in [1.165, 1.54) is 103 Å². The molecule has 0 amide bonds. The SMILES string of the molecule is CCCC1OC1CCCCCCCCCC(=O)OCCOC(=O)CCCCCCCCCC1OC1CCC. The number of esters is 2. The molecule has 2 rings (SSSR count). The molecular formula is C32H58O6. The molecule has 6 nitrogen and oxygen atoms in total. The molecule has 0 aliphatic carbocycles. The molecule has 38 heavy (non-hydrogen) atoms. The van der Waals surface area contributed by atoms with Gasteiger partial charge in [0.2, 0.25) is 0 Å². The Morgan fingerprint density at radius 1 is 0.474 bits per heavy atom. The highest BCUT2D eigenvalue weighted by molar-refractivity contribution is 5.70. The van der Waals surface area contributed by atoms with Gasteiger partial charge in [0.15, 0.2) is 0 Å². The molecule has 0 N–H and O–H groups in total. The highest BCUT2D eigenvalue weighted by atomic mass is 16.6. The van der Waals surface area contributed by atoms with E-state index in [9.17, 15) is 9.59 Å². The van der Waals surface area contributed by atoms with Crippen LogP contribution < -0.4 is 0 Å². The van der Waals surface area contributed by atoms with Crippen LogP contribution in [0.25, 0.3) is 0 Å². The Morgan fingerprint density at radius 3 is 1.16 bits per heavy atom. The van der Waals surface area contributed by atoms with Gasteiger partial charge in [0.1, 0.15) is 13.2 Å². The monoisotopic (exact) mass is 538 g/mol. The zero-order valence-electron chi connectivity index (χ0n) is 24.7. The lowest BCUT2D eigenvalue weighted by atomic mass is 10.0. The fraction of sp³-hybridized carbons (Fsp3) is 0.938. The van der Waals surface area contributed by atoms with E-state index < -0.39 is 0 Å². The largest absolute Gasteiger partial charge is 0.462 e. The van der Waals surface area contributed by atoms with Crippen LogP contribution in [-0.2, 0) is 28.5 Å². The molecule has 2 aliphatic heterocycles. The molecule has 4 atom stereocenters. The lowest BCUT2D eigenvalue weighted by molar-refractivity contribution is -0.152. The summed E-state index contributed by atoms with van der Waals surface area (Å²) in [6.07, 6.45) is 26.9. The van der Waals surface area contributed by atoms with E-state index in [2.05, 4.69) is 13.8 Å². The van der Waals surface area contributed by atoms with Crippen molar-refractivity contribution in [2.45, 2.75) is 180 Å². The van der Waals surface area contributed by atoms with Crippen LogP contribution >= 0.6 is 0 Å². The fourth-order valence-corrected chi connectivity index (χ4v) is 5.40. The zero-order valence-corrected chi connectivity index (χ0v) is 24.7. The van der Waals surface area contributed by atoms with Gasteiger partial charge in [-0.15, -0.1) is 0 Å². The van der Waals surface area contributed by atoms with Crippen molar-refractivity contribution >= 4 is 11.9 Å². The first kappa shape index (κ1) is 33.1. The first-order valence-electron chi connectivity index (χ1n) is 16.3. The maximum absolute atomic E-state index is 11.8. The molecular weight excluding hydrogens is 480 g/mol. The van der Waals surface area contributed by atoms with E-state index in [4.69, 9.17) is 18.9 Å². The lowest BCUT2D eigenvalue weighted by Gasteiger charge is -2.07. The Hall–Kier alpha value is -1.14. The van der Waals surface area contributed by atoms with E-state index in [1.54, 1.807) is 0 Å². The van der Waals surface area contributed by atoms with E-state index in [1.807, 2.05) is 0 Å². The van der Waals surface area contributed by atoms with E-state index in [0.29, 0.717) is 37.3 Å². The van der Waals surface area contributed by atoms with Crippen molar-refractivity contribution in [3.63, 3.8) is 0 Å². The summed E-state index contributed by atoms with van der Waals surface area (Å²) in [5.41, 5.74) is 0. The summed E-state index contributed by atoms with van der Waals surface area (Å²) in [4.78, 5) is 23.7. The van der Waals surface area contributed by atoms with Gasteiger partial charge in [-0.25, -0.2) is 0 Å². The quantitative estimate of drug-likeness (QED) is 0.0595. The fourth-order valence-electron chi connectivity index (χ4n) is 5.40. The van der Waals surface area contributed by atoms with Crippen LogP contribution in [0.1, 0.15) is 155 Å². The van der Waals surface area contributed by atoms with Gasteiger partial charge in [-0.3, -0.25) is 9.59 Å². The van der Waals surface area contributed by atoms with Crippen molar-refractivity contribution in [3.8, 4) is 0 Å². The van der Waals surface area contributed by atoms with Crippen LogP contribution in [0.2, 0.25) is 0 Å². The van der Waals surface area contributed by atoms with Gasteiger partial charge in [-0.05, 0) is 38.5 Å². The molecule has 0 radical (unpaired) electrons. The molecule has 6 heteroatoms. The Bertz CT molecular complexity index is 557. The van der Waals surface area contributed by atoms with Crippen molar-refractivity contribution in [2.75, 3.05) is 13.2 Å². The number of hydrogen-bond acceptors (Lipinski definition) is 6. The summed E-state index contributed by atoms with van der Waals surface area (Å²) >= 11 is 0. The topological polar surface area (TPSA) is 77.7 Å². The molecule has 0 aromatic heterocycles. The van der Waals surface area contributed by atoms with Gasteiger partial charge in [-0.2, -0.15) is 0 Å². The number of ether oxygens (including phenoxy) is 4. The average Bonchev–Trinajstić information content (AvgIpc) is 3.83. The van der Waals surface area contributed by atoms with Crippen molar-refractivity contribution in [2.24, 2.45) is 0 Å². The summed E-state index contributed by atoms with van der Waals surface area (Å²) in [5.74, 6) is -0.366. The number of rotatable bonds is 27. The van der Waals surface area contributed by atoms with Crippen molar-refractivity contribution in [3.05, 3.63) is 0 Å². The molecule has 2 heterocycles. The maximum Gasteiger partial charge on any atom is 0.305 e. The van der Waals surface area contributed by atoms with Crippen LogP contribution in [0.15, 0.2) is 0 Å². The zero-order chi connectivity index (χ0) is 27.3. The number of unbranched alkanes of at least 4 members (excludes halogenated alkanes) is 12. The highest BCUT2D eigenvalue weighted by Gasteiger charge is 2.37. The number of hydrogen-bond donors (Lipinski definition) is 0. The lowest BCUT2D eigenvalue weighted by Crippen LogP contribution is -2.13. The maximum atomic E-state index is 11.8. The van der Waals surface area contributed by atoms with Gasteiger partial charge in [0.05, 0.1) is 24.4 Å². The third-order valence-electron chi connectivity index (χ3n) is 7.87. The molecule has 2 fully saturated rings. The molecule has 222 valence electrons. The van der Waals surface area contributed by atoms with E-state index in [-0.39, 0.29) is 25.2 Å². The predicted octanol–water partition coefficient (Wildman–Crippen LogP) is 8.23. The highest BCUT2D eigenvalue weighted by Crippen LogP contribution is 2.31. The summed E-state index contributed by atoms with van der Waals surface area (Å²) in [5, 5.41) is 0. The number of carbonyl (C=O) groups is 2. The third-order valence-corrected chi connectivity index (χ3v) is 7.87. The first-order chi connectivity index (χ1) is 18.6. The van der Waals surface area contributed by atoms with Crippen molar-refractivity contribution < 1.29 is 28.5 Å². The van der Waals surface area contributed by atoms with Crippen LogP contribution in [0.4, 0.5) is 0 Å². The van der Waals surface area contributed by atoms with Gasteiger partial charge < -0.3 is 18.9 Å². The standard InChI is InChI=1S/C32H58O6/c1-3-19-27-29(37-27)21-15-11-7-5-9-13-17-23-31(33)35-25-26-36-32(34)24-18-14-10-6-8-12-16-22-30-28(38-30)20-4-2/h27-30H,3-26H2,1-2H3. The van der Waals surface area contributed by atoms with Crippen molar-refractivity contribution in [1.82, 2.24) is 0 Å². The molecule has 0 aromatic carbocycles. The van der Waals surface area contributed by atoms with Crippen LogP contribution in [0.5, 0.6) is 0 Å². The third kappa shape index (κ3) is 17.4. The Kier molecular flexibility index (Phi) is 18.8. The number of epoxide rings is 2. The second kappa shape index (κ2) is 21.7. The molecule has 0 saturated carbocycles. The molecule has 0 bridgehead atoms. The van der Waals surface area contributed by atoms with Gasteiger partial charge in [0.25, 0.3) is 0 Å². The first-order valence-corrected chi connectivity index (χ1v) is 16.3. The Labute approximate surface area is 233 Å². The second-order valence-corrected chi connectivity index (χ2v) is 11.5. The minimum absolute atomic E-state index is 0.166. The van der Waals surface area contributed by atoms with Crippen LogP contribution in [-0.4, -0.2) is 49.6 Å². The molecule has 2 aliphatic rings. The van der Waals surface area contributed by atoms with Crippen LogP contribution in [0, 0.1) is 0 Å². The normalized spacial score (nSPS) is 21.8. The summed E-state index contributed by atoms with van der Waals surface area (Å²) in [6.45, 7) is 4.77. The average molecular weight is 539 g/mol. The minimum Gasteiger partial charge on any atom is -0.462 e. The Morgan fingerprint density at radius 2 is 0.789 bits per heavy atom. The smallest absolute Gasteiger partial charge is 0.305 e. The molecule has 2 saturated heterocycles. The second-order valence-electron chi connectivity index (χ2n) is 11.5. The molecule has 0 aromatic rings. The van der Waals surface area contributed by atoms with Crippen molar-refractivity contribution in [1.29, 1.82) is 0 Å². The summed E-state index contributed by atoms with van der Waals surface area (Å²) in [7, 11) is 0. The minimum atomic E-state index is -0.183. The predicted molar refractivity (Wildman–Crippen MR) is 152 cm³/mol. The van der Waals surface area contributed by atoms with Gasteiger partial charge >= 0.3 is 11.9 Å². The van der Waals surface area contributed by atoms with Crippen LogP contribution in [0.3, 0.4) is 0 Å². The van der Waals surface area contributed by atoms with E-state index >= 15 is 0 Å².